The van der Waals surface area contributed by atoms with Crippen LogP contribution in [0.15, 0.2) is 76.2 Å². The first-order valence-corrected chi connectivity index (χ1v) is 11.6. The molecule has 1 N–H and O–H groups in total. The summed E-state index contributed by atoms with van der Waals surface area (Å²) in [6.07, 6.45) is 3.58. The van der Waals surface area contributed by atoms with E-state index in [1.807, 2.05) is 42.7 Å². The number of hydrogen-bond donors (Lipinski definition) is 1. The van der Waals surface area contributed by atoms with Crippen molar-refractivity contribution in [3.8, 4) is 10.6 Å². The first-order valence-electron chi connectivity index (χ1n) is 8.04. The highest BCUT2D eigenvalue weighted by molar-refractivity contribution is 7.98. The SMILES string of the molecule is CSc1nccc(-c2ccc(S(=O)(=O)Nc3ccc4ccccc4c3)s2)n1. The molecule has 136 valence electrons. The monoisotopic (exact) mass is 413 g/mol. The summed E-state index contributed by atoms with van der Waals surface area (Å²) in [5.74, 6) is 0. The van der Waals surface area contributed by atoms with Crippen molar-refractivity contribution in [3.05, 3.63) is 66.9 Å². The van der Waals surface area contributed by atoms with Crippen LogP contribution in [0.2, 0.25) is 0 Å². The van der Waals surface area contributed by atoms with Gasteiger partial charge in [-0.15, -0.1) is 11.3 Å². The van der Waals surface area contributed by atoms with Gasteiger partial charge in [0.2, 0.25) is 0 Å². The number of aromatic nitrogens is 2. The van der Waals surface area contributed by atoms with E-state index in [0.29, 0.717) is 16.5 Å². The van der Waals surface area contributed by atoms with Crippen LogP contribution in [0.4, 0.5) is 5.69 Å². The Bertz CT molecular complexity index is 1220. The van der Waals surface area contributed by atoms with Crippen LogP contribution >= 0.6 is 23.1 Å². The number of hydrogen-bond acceptors (Lipinski definition) is 6. The second-order valence-corrected chi connectivity index (χ2v) is 9.48. The summed E-state index contributed by atoms with van der Waals surface area (Å²) < 4.78 is 28.4. The van der Waals surface area contributed by atoms with Crippen LogP contribution in [0.25, 0.3) is 21.3 Å². The molecule has 0 aliphatic rings. The van der Waals surface area contributed by atoms with E-state index >= 15 is 0 Å². The molecule has 8 heteroatoms. The number of nitrogens with one attached hydrogen (secondary N) is 1. The molecule has 0 bridgehead atoms. The number of fused-ring (bicyclic) bond motifs is 1. The second-order valence-electron chi connectivity index (χ2n) is 5.71. The standard InChI is InChI=1S/C19H15N3O2S3/c1-25-19-20-11-10-16(21-19)17-8-9-18(26-17)27(23,24)22-15-7-6-13-4-2-3-5-14(13)12-15/h2-12,22H,1H3. The lowest BCUT2D eigenvalue weighted by atomic mass is 10.1. The molecule has 4 aromatic rings. The normalized spacial score (nSPS) is 11.6. The lowest BCUT2D eigenvalue weighted by Crippen LogP contribution is -2.11. The van der Waals surface area contributed by atoms with Crippen LogP contribution < -0.4 is 4.72 Å². The van der Waals surface area contributed by atoms with Crippen molar-refractivity contribution in [2.75, 3.05) is 11.0 Å². The third-order valence-corrected chi connectivity index (χ3v) is 7.46. The first kappa shape index (κ1) is 18.0. The summed E-state index contributed by atoms with van der Waals surface area (Å²) in [6, 6.07) is 18.5. The van der Waals surface area contributed by atoms with Crippen LogP contribution in [0.5, 0.6) is 0 Å². The highest BCUT2D eigenvalue weighted by Gasteiger charge is 2.18. The Hall–Kier alpha value is -2.42. The molecule has 0 saturated carbocycles. The largest absolute Gasteiger partial charge is 0.279 e. The van der Waals surface area contributed by atoms with Crippen molar-refractivity contribution in [2.45, 2.75) is 9.37 Å². The summed E-state index contributed by atoms with van der Waals surface area (Å²) in [6.45, 7) is 0. The van der Waals surface area contributed by atoms with Gasteiger partial charge in [-0.1, -0.05) is 42.1 Å². The molecule has 0 fully saturated rings. The van der Waals surface area contributed by atoms with Gasteiger partial charge in [-0.25, -0.2) is 18.4 Å². The zero-order valence-electron chi connectivity index (χ0n) is 14.3. The molecule has 0 amide bonds. The van der Waals surface area contributed by atoms with Crippen molar-refractivity contribution in [2.24, 2.45) is 0 Å². The highest BCUT2D eigenvalue weighted by Crippen LogP contribution is 2.31. The average Bonchev–Trinajstić information content (AvgIpc) is 3.19. The van der Waals surface area contributed by atoms with Crippen molar-refractivity contribution in [1.82, 2.24) is 9.97 Å². The van der Waals surface area contributed by atoms with Gasteiger partial charge >= 0.3 is 0 Å². The molecule has 27 heavy (non-hydrogen) atoms. The zero-order chi connectivity index (χ0) is 18.9. The number of sulfonamides is 1. The van der Waals surface area contributed by atoms with E-state index < -0.39 is 10.0 Å². The topological polar surface area (TPSA) is 72.0 Å². The number of rotatable bonds is 5. The Morgan fingerprint density at radius 3 is 2.63 bits per heavy atom. The molecule has 0 saturated heterocycles. The minimum atomic E-state index is -3.66. The molecular formula is C19H15N3O2S3. The first-order chi connectivity index (χ1) is 13.0. The number of anilines is 1. The summed E-state index contributed by atoms with van der Waals surface area (Å²) in [5.41, 5.74) is 1.25. The van der Waals surface area contributed by atoms with Gasteiger partial charge in [-0.3, -0.25) is 4.72 Å². The quantitative estimate of drug-likeness (QED) is 0.373. The van der Waals surface area contributed by atoms with Crippen molar-refractivity contribution >= 4 is 49.6 Å². The maximum atomic E-state index is 12.8. The maximum Gasteiger partial charge on any atom is 0.271 e. The van der Waals surface area contributed by atoms with Crippen LogP contribution in [0.1, 0.15) is 0 Å². The Morgan fingerprint density at radius 1 is 1.00 bits per heavy atom. The van der Waals surface area contributed by atoms with Crippen LogP contribution in [0, 0.1) is 0 Å². The van der Waals surface area contributed by atoms with Crippen LogP contribution in [0.3, 0.4) is 0 Å². The summed E-state index contributed by atoms with van der Waals surface area (Å²) in [5, 5.41) is 2.70. The van der Waals surface area contributed by atoms with E-state index in [4.69, 9.17) is 0 Å². The smallest absolute Gasteiger partial charge is 0.271 e. The van der Waals surface area contributed by atoms with Gasteiger partial charge in [0, 0.05) is 11.9 Å². The summed E-state index contributed by atoms with van der Waals surface area (Å²) >= 11 is 2.63. The lowest BCUT2D eigenvalue weighted by Gasteiger charge is -2.07. The van der Waals surface area contributed by atoms with Crippen LogP contribution in [-0.2, 0) is 10.0 Å². The van der Waals surface area contributed by atoms with Gasteiger partial charge < -0.3 is 0 Å². The Labute approximate surface area is 165 Å². The molecule has 2 aromatic heterocycles. The Morgan fingerprint density at radius 2 is 1.81 bits per heavy atom. The molecule has 0 atom stereocenters. The van der Waals surface area contributed by atoms with E-state index in [9.17, 15) is 8.42 Å². The number of thioether (sulfide) groups is 1. The fourth-order valence-electron chi connectivity index (χ4n) is 2.64. The fraction of sp³-hybridized carbons (Fsp3) is 0.0526. The lowest BCUT2D eigenvalue weighted by molar-refractivity contribution is 0.603. The Kier molecular flexibility index (Phi) is 4.86. The molecular weight excluding hydrogens is 398 g/mol. The molecule has 4 rings (SSSR count). The number of nitrogens with zero attached hydrogens (tertiary/aromatic N) is 2. The predicted octanol–water partition coefficient (Wildman–Crippen LogP) is 4.88. The molecule has 0 spiro atoms. The summed E-state index contributed by atoms with van der Waals surface area (Å²) in [7, 11) is -3.66. The van der Waals surface area contributed by atoms with Gasteiger partial charge in [-0.05, 0) is 47.4 Å². The van der Waals surface area contributed by atoms with Crippen molar-refractivity contribution < 1.29 is 8.42 Å². The minimum absolute atomic E-state index is 0.245. The third kappa shape index (κ3) is 3.83. The fourth-order valence-corrected chi connectivity index (χ4v) is 5.32. The molecule has 0 aliphatic heterocycles. The molecule has 0 radical (unpaired) electrons. The van der Waals surface area contributed by atoms with Gasteiger partial charge in [0.25, 0.3) is 10.0 Å². The zero-order valence-corrected chi connectivity index (χ0v) is 16.7. The number of benzene rings is 2. The minimum Gasteiger partial charge on any atom is -0.279 e. The van der Waals surface area contributed by atoms with E-state index in [-0.39, 0.29) is 4.21 Å². The maximum absolute atomic E-state index is 12.8. The average molecular weight is 414 g/mol. The molecule has 0 aliphatic carbocycles. The summed E-state index contributed by atoms with van der Waals surface area (Å²) in [4.78, 5) is 9.35. The van der Waals surface area contributed by atoms with E-state index in [1.54, 1.807) is 30.5 Å². The van der Waals surface area contributed by atoms with Crippen LogP contribution in [-0.4, -0.2) is 24.6 Å². The van der Waals surface area contributed by atoms with E-state index in [0.717, 1.165) is 15.6 Å². The Balaban J connectivity index is 1.62. The van der Waals surface area contributed by atoms with Gasteiger partial charge in [0.05, 0.1) is 10.6 Å². The predicted molar refractivity (Wildman–Crippen MR) is 112 cm³/mol. The highest BCUT2D eigenvalue weighted by atomic mass is 32.2. The molecule has 5 nitrogen and oxygen atoms in total. The van der Waals surface area contributed by atoms with Gasteiger partial charge in [0.1, 0.15) is 4.21 Å². The molecule has 0 unspecified atom stereocenters. The third-order valence-electron chi connectivity index (χ3n) is 3.92. The molecule has 2 aromatic carbocycles. The van der Waals surface area contributed by atoms with Crippen molar-refractivity contribution in [3.63, 3.8) is 0 Å². The van der Waals surface area contributed by atoms with Gasteiger partial charge in [0.15, 0.2) is 5.16 Å². The van der Waals surface area contributed by atoms with Crippen molar-refractivity contribution in [1.29, 1.82) is 0 Å². The second kappa shape index (κ2) is 7.30. The number of thiophene rings is 1. The van der Waals surface area contributed by atoms with Gasteiger partial charge in [-0.2, -0.15) is 0 Å². The molecule has 2 heterocycles. The van der Waals surface area contributed by atoms with E-state index in [2.05, 4.69) is 14.7 Å². The van der Waals surface area contributed by atoms with E-state index in [1.165, 1.54) is 23.1 Å².